The lowest BCUT2D eigenvalue weighted by molar-refractivity contribution is 0.0931. The fourth-order valence-corrected chi connectivity index (χ4v) is 2.85. The number of rotatable bonds is 4. The molecule has 1 amide bonds. The molecule has 0 aliphatic carbocycles. The Kier molecular flexibility index (Phi) is 4.18. The summed E-state index contributed by atoms with van der Waals surface area (Å²) in [7, 11) is 0. The van der Waals surface area contributed by atoms with Crippen molar-refractivity contribution in [3.8, 4) is 11.3 Å². The van der Waals surface area contributed by atoms with E-state index in [1.807, 2.05) is 37.3 Å². The molecule has 0 aliphatic rings. The minimum absolute atomic E-state index is 0.179. The van der Waals surface area contributed by atoms with E-state index < -0.39 is 0 Å². The number of halogens is 1. The number of hydrogen-bond acceptors (Lipinski definition) is 4. The van der Waals surface area contributed by atoms with Gasteiger partial charge in [0.05, 0.1) is 17.8 Å². The molecule has 0 fully saturated rings. The zero-order valence-electron chi connectivity index (χ0n) is 13.9. The Morgan fingerprint density at radius 1 is 1.19 bits per heavy atom. The second-order valence-corrected chi connectivity index (χ2v) is 6.43. The quantitative estimate of drug-likeness (QED) is 0.562. The Hall–Kier alpha value is -3.12. The average molecular weight is 367 g/mol. The van der Waals surface area contributed by atoms with Crippen molar-refractivity contribution >= 4 is 28.4 Å². The Balaban J connectivity index is 1.51. The number of nitrogens with one attached hydrogen (secondary N) is 2. The highest BCUT2D eigenvalue weighted by atomic mass is 35.5. The van der Waals surface area contributed by atoms with E-state index in [1.165, 1.54) is 0 Å². The van der Waals surface area contributed by atoms with Crippen molar-refractivity contribution in [2.75, 3.05) is 0 Å². The molecular formula is C19H15ClN4O2. The van der Waals surface area contributed by atoms with Gasteiger partial charge in [-0.15, -0.1) is 0 Å². The number of carbonyl (C=O) groups is 1. The zero-order valence-corrected chi connectivity index (χ0v) is 14.6. The minimum Gasteiger partial charge on any atom is -0.355 e. The SMILES string of the molecule is C[C@H](NC(=O)c1cc(-c2ccc3[nH]ncc3c2)on1)c1ccc(Cl)cc1. The van der Waals surface area contributed by atoms with Crippen LogP contribution in [0.2, 0.25) is 5.02 Å². The smallest absolute Gasteiger partial charge is 0.273 e. The van der Waals surface area contributed by atoms with Crippen LogP contribution in [0.15, 0.2) is 59.3 Å². The normalized spacial score (nSPS) is 12.2. The molecule has 4 aromatic rings. The van der Waals surface area contributed by atoms with Crippen molar-refractivity contribution in [3.63, 3.8) is 0 Å². The number of H-pyrrole nitrogens is 1. The first-order chi connectivity index (χ1) is 12.6. The van der Waals surface area contributed by atoms with Gasteiger partial charge in [-0.1, -0.05) is 28.9 Å². The van der Waals surface area contributed by atoms with Crippen LogP contribution in [0.5, 0.6) is 0 Å². The van der Waals surface area contributed by atoms with Crippen molar-refractivity contribution in [3.05, 3.63) is 71.0 Å². The fraction of sp³-hybridized carbons (Fsp3) is 0.105. The van der Waals surface area contributed by atoms with E-state index in [4.69, 9.17) is 16.1 Å². The van der Waals surface area contributed by atoms with Gasteiger partial charge in [0.1, 0.15) is 0 Å². The zero-order chi connectivity index (χ0) is 18.1. The van der Waals surface area contributed by atoms with Crippen LogP contribution in [0.3, 0.4) is 0 Å². The maximum atomic E-state index is 12.4. The molecule has 1 atom stereocenters. The molecule has 130 valence electrons. The molecule has 0 saturated heterocycles. The highest BCUT2D eigenvalue weighted by Gasteiger charge is 2.17. The van der Waals surface area contributed by atoms with Crippen molar-refractivity contribution in [1.29, 1.82) is 0 Å². The predicted molar refractivity (Wildman–Crippen MR) is 98.9 cm³/mol. The van der Waals surface area contributed by atoms with Crippen LogP contribution < -0.4 is 5.32 Å². The highest BCUT2D eigenvalue weighted by Crippen LogP contribution is 2.24. The molecule has 7 heteroatoms. The van der Waals surface area contributed by atoms with Crippen LogP contribution in [0, 0.1) is 0 Å². The van der Waals surface area contributed by atoms with Gasteiger partial charge in [0, 0.05) is 22.0 Å². The third-order valence-electron chi connectivity index (χ3n) is 4.19. The lowest BCUT2D eigenvalue weighted by atomic mass is 10.1. The molecule has 0 unspecified atom stereocenters. The van der Waals surface area contributed by atoms with E-state index >= 15 is 0 Å². The van der Waals surface area contributed by atoms with Gasteiger partial charge in [0.2, 0.25) is 0 Å². The number of carbonyl (C=O) groups excluding carboxylic acids is 1. The van der Waals surface area contributed by atoms with Gasteiger partial charge in [-0.3, -0.25) is 9.89 Å². The molecule has 0 radical (unpaired) electrons. The van der Waals surface area contributed by atoms with Gasteiger partial charge in [-0.25, -0.2) is 0 Å². The molecule has 0 aliphatic heterocycles. The summed E-state index contributed by atoms with van der Waals surface area (Å²) in [4.78, 5) is 12.4. The molecule has 26 heavy (non-hydrogen) atoms. The highest BCUT2D eigenvalue weighted by molar-refractivity contribution is 6.30. The molecule has 0 spiro atoms. The summed E-state index contributed by atoms with van der Waals surface area (Å²) in [6, 6.07) is 14.5. The first kappa shape index (κ1) is 16.4. The second-order valence-electron chi connectivity index (χ2n) is 6.00. The van der Waals surface area contributed by atoms with Crippen LogP contribution in [0.4, 0.5) is 0 Å². The summed E-state index contributed by atoms with van der Waals surface area (Å²) >= 11 is 5.89. The number of amides is 1. The Morgan fingerprint density at radius 3 is 2.81 bits per heavy atom. The summed E-state index contributed by atoms with van der Waals surface area (Å²) < 4.78 is 5.34. The van der Waals surface area contributed by atoms with Crippen LogP contribution >= 0.6 is 11.6 Å². The molecule has 6 nitrogen and oxygen atoms in total. The standard InChI is InChI=1S/C19H15ClN4O2/c1-11(12-2-5-15(20)6-3-12)22-19(25)17-9-18(26-24-17)13-4-7-16-14(8-13)10-21-23-16/h2-11H,1H3,(H,21,23)(H,22,25)/t11-/m0/s1. The predicted octanol–water partition coefficient (Wildman–Crippen LogP) is 4.36. The maximum absolute atomic E-state index is 12.4. The van der Waals surface area contributed by atoms with Crippen molar-refractivity contribution < 1.29 is 9.32 Å². The fourth-order valence-electron chi connectivity index (χ4n) is 2.72. The third kappa shape index (κ3) is 3.19. The second kappa shape index (κ2) is 6.65. The van der Waals surface area contributed by atoms with Gasteiger partial charge in [-0.2, -0.15) is 5.10 Å². The largest absolute Gasteiger partial charge is 0.355 e. The van der Waals surface area contributed by atoms with Gasteiger partial charge < -0.3 is 9.84 Å². The number of fused-ring (bicyclic) bond motifs is 1. The van der Waals surface area contributed by atoms with Crippen molar-refractivity contribution in [2.45, 2.75) is 13.0 Å². The summed E-state index contributed by atoms with van der Waals surface area (Å²) in [5, 5.41) is 15.3. The minimum atomic E-state index is -0.299. The third-order valence-corrected chi connectivity index (χ3v) is 4.44. The average Bonchev–Trinajstić information content (AvgIpc) is 3.31. The van der Waals surface area contributed by atoms with Crippen LogP contribution in [-0.4, -0.2) is 21.3 Å². The van der Waals surface area contributed by atoms with Crippen molar-refractivity contribution in [2.24, 2.45) is 0 Å². The van der Waals surface area contributed by atoms with E-state index in [-0.39, 0.29) is 17.6 Å². The summed E-state index contributed by atoms with van der Waals surface area (Å²) in [5.41, 5.74) is 2.95. The lowest BCUT2D eigenvalue weighted by Crippen LogP contribution is -2.26. The van der Waals surface area contributed by atoms with E-state index in [1.54, 1.807) is 24.4 Å². The van der Waals surface area contributed by atoms with E-state index in [2.05, 4.69) is 20.7 Å². The van der Waals surface area contributed by atoms with E-state index in [0.717, 1.165) is 22.0 Å². The molecule has 0 bridgehead atoms. The molecule has 2 aromatic heterocycles. The van der Waals surface area contributed by atoms with Gasteiger partial charge in [0.15, 0.2) is 11.5 Å². The molecular weight excluding hydrogens is 352 g/mol. The van der Waals surface area contributed by atoms with E-state index in [9.17, 15) is 4.79 Å². The molecule has 0 saturated carbocycles. The molecule has 2 heterocycles. The Labute approximate surface area is 154 Å². The van der Waals surface area contributed by atoms with E-state index in [0.29, 0.717) is 10.8 Å². The number of nitrogens with zero attached hydrogens (tertiary/aromatic N) is 2. The summed E-state index contributed by atoms with van der Waals surface area (Å²) in [6.07, 6.45) is 1.73. The number of aromatic nitrogens is 3. The van der Waals surface area contributed by atoms with Crippen molar-refractivity contribution in [1.82, 2.24) is 20.7 Å². The number of aromatic amines is 1. The van der Waals surface area contributed by atoms with Gasteiger partial charge in [-0.05, 0) is 42.8 Å². The molecule has 2 aromatic carbocycles. The monoisotopic (exact) mass is 366 g/mol. The maximum Gasteiger partial charge on any atom is 0.273 e. The number of hydrogen-bond donors (Lipinski definition) is 2. The Morgan fingerprint density at radius 2 is 2.00 bits per heavy atom. The van der Waals surface area contributed by atoms with Crippen LogP contribution in [-0.2, 0) is 0 Å². The number of benzene rings is 2. The van der Waals surface area contributed by atoms with Crippen LogP contribution in [0.25, 0.3) is 22.2 Å². The van der Waals surface area contributed by atoms with Crippen LogP contribution in [0.1, 0.15) is 29.0 Å². The molecule has 4 rings (SSSR count). The summed E-state index contributed by atoms with van der Waals surface area (Å²) in [6.45, 7) is 1.90. The Bertz CT molecular complexity index is 1070. The topological polar surface area (TPSA) is 83.8 Å². The van der Waals surface area contributed by atoms with Gasteiger partial charge in [0.25, 0.3) is 5.91 Å². The first-order valence-corrected chi connectivity index (χ1v) is 8.44. The lowest BCUT2D eigenvalue weighted by Gasteiger charge is -2.13. The summed E-state index contributed by atoms with van der Waals surface area (Å²) in [5.74, 6) is 0.226. The van der Waals surface area contributed by atoms with Gasteiger partial charge >= 0.3 is 0 Å². The molecule has 2 N–H and O–H groups in total. The first-order valence-electron chi connectivity index (χ1n) is 8.07.